The molecule has 5 aliphatic rings. The van der Waals surface area contributed by atoms with Crippen molar-refractivity contribution in [2.24, 2.45) is 23.2 Å². The van der Waals surface area contributed by atoms with Gasteiger partial charge in [0.2, 0.25) is 0 Å². The van der Waals surface area contributed by atoms with E-state index in [4.69, 9.17) is 4.74 Å². The summed E-state index contributed by atoms with van der Waals surface area (Å²) >= 11 is 0. The van der Waals surface area contributed by atoms with Gasteiger partial charge in [0.05, 0.1) is 29.4 Å². The molecule has 1 aromatic carbocycles. The number of hydrogen-bond donors (Lipinski definition) is 2. The summed E-state index contributed by atoms with van der Waals surface area (Å²) in [5.41, 5.74) is 0.474. The first-order valence-corrected chi connectivity index (χ1v) is 13.9. The Hall–Kier alpha value is -1.60. The molecule has 0 aromatic heterocycles. The number of benzene rings is 1. The lowest BCUT2D eigenvalue weighted by Crippen LogP contribution is -2.62. The van der Waals surface area contributed by atoms with E-state index in [-0.39, 0.29) is 34.1 Å². The second kappa shape index (κ2) is 8.32. The van der Waals surface area contributed by atoms with Crippen molar-refractivity contribution in [2.75, 3.05) is 19.4 Å². The Balaban J connectivity index is 1.47. The molecule has 1 aliphatic heterocycles. The second-order valence-corrected chi connectivity index (χ2v) is 13.0. The van der Waals surface area contributed by atoms with Gasteiger partial charge in [-0.25, -0.2) is 8.42 Å². The minimum absolute atomic E-state index is 0.00227. The van der Waals surface area contributed by atoms with Crippen molar-refractivity contribution in [3.63, 3.8) is 0 Å². The van der Waals surface area contributed by atoms with Crippen molar-refractivity contribution in [1.29, 1.82) is 0 Å². The van der Waals surface area contributed by atoms with Crippen molar-refractivity contribution in [1.82, 2.24) is 10.6 Å². The average molecular weight is 461 g/mol. The van der Waals surface area contributed by atoms with E-state index in [1.807, 2.05) is 0 Å². The van der Waals surface area contributed by atoms with Gasteiger partial charge in [-0.05, 0) is 99.3 Å². The van der Waals surface area contributed by atoms with Crippen LogP contribution < -0.4 is 15.4 Å². The monoisotopic (exact) mass is 460 g/mol. The normalized spacial score (nSPS) is 34.4. The van der Waals surface area contributed by atoms with E-state index >= 15 is 0 Å². The molecule has 1 amide bonds. The number of ether oxygens (including phenoxy) is 1. The van der Waals surface area contributed by atoms with Crippen molar-refractivity contribution >= 4 is 15.7 Å². The molecule has 2 unspecified atom stereocenters. The summed E-state index contributed by atoms with van der Waals surface area (Å²) in [6, 6.07) is 4.98. The molecule has 5 fully saturated rings. The minimum Gasteiger partial charge on any atom is -0.496 e. The fourth-order valence-electron chi connectivity index (χ4n) is 7.68. The molecule has 1 aromatic rings. The maximum atomic E-state index is 13.6. The van der Waals surface area contributed by atoms with Crippen LogP contribution in [0.25, 0.3) is 0 Å². The Morgan fingerprint density at radius 1 is 1.19 bits per heavy atom. The van der Waals surface area contributed by atoms with Crippen molar-refractivity contribution in [3.05, 3.63) is 23.8 Å². The SMILES string of the molecule is CCS(=O)(=O)c1ccc(OC)c(C(=O)NC(C2CCCN2)C23CC4CC(CC(C4)C2)C3)c1. The summed E-state index contributed by atoms with van der Waals surface area (Å²) in [4.78, 5) is 13.8. The van der Waals surface area contributed by atoms with Crippen LogP contribution in [0, 0.1) is 23.2 Å². The molecule has 1 heterocycles. The Morgan fingerprint density at radius 3 is 2.38 bits per heavy atom. The van der Waals surface area contributed by atoms with Gasteiger partial charge >= 0.3 is 0 Å². The van der Waals surface area contributed by atoms with Crippen LogP contribution in [0.5, 0.6) is 5.75 Å². The number of methoxy groups -OCH3 is 1. The standard InChI is InChI=1S/C25H36N2O4S/c1-3-32(29,30)19-6-7-22(31-2)20(12-19)24(28)27-23(21-5-4-8-26-21)25-13-16-9-17(14-25)11-18(10-16)15-25/h6-7,12,16-18,21,23,26H,3-5,8-11,13-15H2,1-2H3,(H,27,28). The van der Waals surface area contributed by atoms with Gasteiger partial charge in [-0.15, -0.1) is 0 Å². The van der Waals surface area contributed by atoms with Crippen molar-refractivity contribution < 1.29 is 17.9 Å². The number of nitrogens with one attached hydrogen (secondary N) is 2. The smallest absolute Gasteiger partial charge is 0.255 e. The highest BCUT2D eigenvalue weighted by atomic mass is 32.2. The Morgan fingerprint density at radius 2 is 1.84 bits per heavy atom. The Labute approximate surface area is 191 Å². The molecular weight excluding hydrogens is 424 g/mol. The van der Waals surface area contributed by atoms with Gasteiger partial charge < -0.3 is 15.4 Å². The van der Waals surface area contributed by atoms with E-state index < -0.39 is 9.84 Å². The van der Waals surface area contributed by atoms with Gasteiger partial charge in [-0.1, -0.05) is 6.92 Å². The van der Waals surface area contributed by atoms with Gasteiger partial charge in [-0.2, -0.15) is 0 Å². The van der Waals surface area contributed by atoms with E-state index in [2.05, 4.69) is 10.6 Å². The number of rotatable bonds is 7. The minimum atomic E-state index is -3.41. The largest absolute Gasteiger partial charge is 0.496 e. The predicted molar refractivity (Wildman–Crippen MR) is 124 cm³/mol. The van der Waals surface area contributed by atoms with Gasteiger partial charge in [-0.3, -0.25) is 4.79 Å². The van der Waals surface area contributed by atoms with Crippen molar-refractivity contribution in [2.45, 2.75) is 75.3 Å². The first-order chi connectivity index (χ1) is 15.3. The van der Waals surface area contributed by atoms with Crippen molar-refractivity contribution in [3.8, 4) is 5.75 Å². The number of sulfone groups is 1. The van der Waals surface area contributed by atoms with E-state index in [1.54, 1.807) is 13.0 Å². The van der Waals surface area contributed by atoms with E-state index in [0.717, 1.165) is 37.1 Å². The fourth-order valence-corrected chi connectivity index (χ4v) is 8.58. The van der Waals surface area contributed by atoms with Crippen LogP contribution in [0.2, 0.25) is 0 Å². The summed E-state index contributed by atoms with van der Waals surface area (Å²) in [5.74, 6) is 2.60. The lowest BCUT2D eigenvalue weighted by Gasteiger charge is -2.60. The summed E-state index contributed by atoms with van der Waals surface area (Å²) in [7, 11) is -1.89. The maximum Gasteiger partial charge on any atom is 0.255 e. The van der Waals surface area contributed by atoms with Gasteiger partial charge in [0, 0.05) is 6.04 Å². The zero-order chi connectivity index (χ0) is 22.5. The highest BCUT2D eigenvalue weighted by Crippen LogP contribution is 2.62. The number of carbonyl (C=O) groups is 1. The molecule has 6 nitrogen and oxygen atoms in total. The molecule has 2 N–H and O–H groups in total. The zero-order valence-electron chi connectivity index (χ0n) is 19.2. The molecule has 0 spiro atoms. The number of amides is 1. The third-order valence-electron chi connectivity index (χ3n) is 8.69. The highest BCUT2D eigenvalue weighted by Gasteiger charge is 2.56. The summed E-state index contributed by atoms with van der Waals surface area (Å²) in [6.07, 6.45) is 9.94. The maximum absolute atomic E-state index is 13.6. The topological polar surface area (TPSA) is 84.5 Å². The van der Waals surface area contributed by atoms with E-state index in [1.165, 1.54) is 57.8 Å². The van der Waals surface area contributed by atoms with Gasteiger partial charge in [0.15, 0.2) is 9.84 Å². The second-order valence-electron chi connectivity index (χ2n) is 10.7. The molecule has 6 rings (SSSR count). The summed E-state index contributed by atoms with van der Waals surface area (Å²) < 4.78 is 30.4. The average Bonchev–Trinajstić information content (AvgIpc) is 3.30. The van der Waals surface area contributed by atoms with Crippen LogP contribution in [-0.2, 0) is 9.84 Å². The molecule has 4 saturated carbocycles. The third kappa shape index (κ3) is 3.85. The van der Waals surface area contributed by atoms with Crippen LogP contribution in [0.1, 0.15) is 68.6 Å². The highest BCUT2D eigenvalue weighted by molar-refractivity contribution is 7.91. The molecule has 4 aliphatic carbocycles. The predicted octanol–water partition coefficient (Wildman–Crippen LogP) is 3.56. The van der Waals surface area contributed by atoms with Crippen LogP contribution in [-0.4, -0.2) is 45.8 Å². The number of hydrogen-bond acceptors (Lipinski definition) is 5. The Kier molecular flexibility index (Phi) is 5.77. The third-order valence-corrected chi connectivity index (χ3v) is 10.4. The zero-order valence-corrected chi connectivity index (χ0v) is 20.0. The molecule has 0 radical (unpaired) electrons. The van der Waals surface area contributed by atoms with Crippen LogP contribution >= 0.6 is 0 Å². The molecule has 32 heavy (non-hydrogen) atoms. The van der Waals surface area contributed by atoms with Crippen LogP contribution in [0.15, 0.2) is 23.1 Å². The summed E-state index contributed by atoms with van der Waals surface area (Å²) in [6.45, 7) is 2.62. The van der Waals surface area contributed by atoms with Crippen LogP contribution in [0.4, 0.5) is 0 Å². The summed E-state index contributed by atoms with van der Waals surface area (Å²) in [5, 5.41) is 7.10. The number of carbonyl (C=O) groups excluding carboxylic acids is 1. The first-order valence-electron chi connectivity index (χ1n) is 12.3. The van der Waals surface area contributed by atoms with E-state index in [9.17, 15) is 13.2 Å². The molecule has 176 valence electrons. The van der Waals surface area contributed by atoms with Crippen LogP contribution in [0.3, 0.4) is 0 Å². The Bertz CT molecular complexity index is 948. The molecule has 4 bridgehead atoms. The molecular formula is C25H36N2O4S. The fraction of sp³-hybridized carbons (Fsp3) is 0.720. The van der Waals surface area contributed by atoms with E-state index in [0.29, 0.717) is 11.3 Å². The molecule has 1 saturated heterocycles. The van der Waals surface area contributed by atoms with Gasteiger partial charge in [0.25, 0.3) is 5.91 Å². The quantitative estimate of drug-likeness (QED) is 0.650. The molecule has 7 heteroatoms. The first kappa shape index (κ1) is 22.2. The lowest BCUT2D eigenvalue weighted by molar-refractivity contribution is -0.0775. The molecule has 2 atom stereocenters. The van der Waals surface area contributed by atoms with Gasteiger partial charge in [0.1, 0.15) is 5.75 Å². The lowest BCUT2D eigenvalue weighted by atomic mass is 9.47.